The lowest BCUT2D eigenvalue weighted by Crippen LogP contribution is -2.02. The average molecular weight is 363 g/mol. The Bertz CT molecular complexity index is 740. The van der Waals surface area contributed by atoms with Gasteiger partial charge in [0.1, 0.15) is 0 Å². The molecule has 1 heterocycles. The van der Waals surface area contributed by atoms with E-state index in [-0.39, 0.29) is 0 Å². The van der Waals surface area contributed by atoms with Crippen LogP contribution in [0.2, 0.25) is 5.02 Å². The van der Waals surface area contributed by atoms with Crippen molar-refractivity contribution in [1.82, 2.24) is 9.78 Å². The van der Waals surface area contributed by atoms with Crippen molar-refractivity contribution < 1.29 is 0 Å². The molecule has 0 aliphatic rings. The number of aromatic nitrogens is 2. The van der Waals surface area contributed by atoms with Crippen molar-refractivity contribution in [2.45, 2.75) is 6.54 Å². The van der Waals surface area contributed by atoms with Crippen molar-refractivity contribution in [3.05, 3.63) is 76.0 Å². The molecule has 0 radical (unpaired) electrons. The van der Waals surface area contributed by atoms with Crippen LogP contribution in [0.25, 0.3) is 5.69 Å². The number of hydrogen-bond acceptors (Lipinski definition) is 2. The van der Waals surface area contributed by atoms with Crippen molar-refractivity contribution in [2.75, 3.05) is 5.32 Å². The first-order valence-corrected chi connectivity index (χ1v) is 7.68. The van der Waals surface area contributed by atoms with Gasteiger partial charge in [-0.2, -0.15) is 5.10 Å². The minimum atomic E-state index is 0.661. The second kappa shape index (κ2) is 6.33. The Morgan fingerprint density at radius 2 is 1.90 bits per heavy atom. The zero-order valence-electron chi connectivity index (χ0n) is 11.1. The smallest absolute Gasteiger partial charge is 0.0819 e. The predicted molar refractivity (Wildman–Crippen MR) is 90.0 cm³/mol. The molecular weight excluding hydrogens is 350 g/mol. The highest BCUT2D eigenvalue weighted by atomic mass is 79.9. The second-order valence-electron chi connectivity index (χ2n) is 4.57. The molecule has 5 heteroatoms. The molecule has 1 aromatic heterocycles. The van der Waals surface area contributed by atoms with E-state index in [1.165, 1.54) is 0 Å². The molecule has 0 saturated carbocycles. The zero-order chi connectivity index (χ0) is 14.7. The van der Waals surface area contributed by atoms with E-state index in [4.69, 9.17) is 11.6 Å². The average Bonchev–Trinajstić information content (AvgIpc) is 2.98. The first-order chi connectivity index (χ1) is 10.2. The van der Waals surface area contributed by atoms with E-state index in [1.807, 2.05) is 65.5 Å². The van der Waals surface area contributed by atoms with E-state index in [9.17, 15) is 0 Å². The first kappa shape index (κ1) is 14.2. The summed E-state index contributed by atoms with van der Waals surface area (Å²) >= 11 is 9.39. The van der Waals surface area contributed by atoms with E-state index in [0.29, 0.717) is 11.6 Å². The number of para-hydroxylation sites is 1. The number of nitrogens with one attached hydrogen (secondary N) is 1. The lowest BCUT2D eigenvalue weighted by molar-refractivity contribution is 0.844. The first-order valence-electron chi connectivity index (χ1n) is 6.51. The fourth-order valence-corrected chi connectivity index (χ4v) is 2.48. The lowest BCUT2D eigenvalue weighted by Gasteiger charge is -2.06. The predicted octanol–water partition coefficient (Wildman–Crippen LogP) is 4.90. The Hall–Kier alpha value is -1.78. The summed E-state index contributed by atoms with van der Waals surface area (Å²) in [5, 5.41) is 8.58. The largest absolute Gasteiger partial charge is 0.379 e. The summed E-state index contributed by atoms with van der Waals surface area (Å²) < 4.78 is 2.75. The quantitative estimate of drug-likeness (QED) is 0.715. The summed E-state index contributed by atoms with van der Waals surface area (Å²) in [5.41, 5.74) is 3.03. The molecule has 0 aliphatic carbocycles. The van der Waals surface area contributed by atoms with Crippen molar-refractivity contribution >= 4 is 33.2 Å². The maximum Gasteiger partial charge on any atom is 0.0819 e. The van der Waals surface area contributed by atoms with Gasteiger partial charge in [0.05, 0.1) is 22.9 Å². The third-order valence-electron chi connectivity index (χ3n) is 3.06. The molecule has 3 aromatic rings. The number of hydrogen-bond donors (Lipinski definition) is 1. The summed E-state index contributed by atoms with van der Waals surface area (Å²) in [6.45, 7) is 0.661. The Morgan fingerprint density at radius 3 is 2.67 bits per heavy atom. The van der Waals surface area contributed by atoms with E-state index >= 15 is 0 Å². The molecule has 0 saturated heterocycles. The van der Waals surface area contributed by atoms with Gasteiger partial charge in [-0.25, -0.2) is 4.68 Å². The van der Waals surface area contributed by atoms with Crippen molar-refractivity contribution in [2.24, 2.45) is 0 Å². The van der Waals surface area contributed by atoms with Gasteiger partial charge >= 0.3 is 0 Å². The molecular formula is C16H13BrClN3. The van der Waals surface area contributed by atoms with Crippen molar-refractivity contribution in [1.29, 1.82) is 0 Å². The Balaban J connectivity index is 1.69. The number of benzene rings is 2. The van der Waals surface area contributed by atoms with Crippen LogP contribution in [0.1, 0.15) is 5.69 Å². The Morgan fingerprint density at radius 1 is 1.10 bits per heavy atom. The summed E-state index contributed by atoms with van der Waals surface area (Å²) in [4.78, 5) is 0. The Kier molecular flexibility index (Phi) is 4.27. The van der Waals surface area contributed by atoms with Crippen LogP contribution in [-0.4, -0.2) is 9.78 Å². The molecule has 3 nitrogen and oxygen atoms in total. The van der Waals surface area contributed by atoms with Gasteiger partial charge in [-0.15, -0.1) is 0 Å². The van der Waals surface area contributed by atoms with Crippen LogP contribution < -0.4 is 5.32 Å². The van der Waals surface area contributed by atoms with E-state index in [1.54, 1.807) is 0 Å². The van der Waals surface area contributed by atoms with Crippen LogP contribution in [-0.2, 0) is 6.54 Å². The van der Waals surface area contributed by atoms with Crippen LogP contribution >= 0.6 is 27.5 Å². The van der Waals surface area contributed by atoms with Gasteiger partial charge in [0, 0.05) is 16.4 Å². The molecule has 0 atom stereocenters. The third-order valence-corrected chi connectivity index (χ3v) is 4.27. The lowest BCUT2D eigenvalue weighted by atomic mass is 10.3. The fraction of sp³-hybridized carbons (Fsp3) is 0.0625. The van der Waals surface area contributed by atoms with Gasteiger partial charge in [0.2, 0.25) is 0 Å². The molecule has 0 fully saturated rings. The summed E-state index contributed by atoms with van der Waals surface area (Å²) in [6, 6.07) is 17.8. The SMILES string of the molecule is Clc1ccc(NCc2ccn(-c3ccccc3)n2)cc1Br. The molecule has 3 rings (SSSR count). The molecule has 1 N–H and O–H groups in total. The highest BCUT2D eigenvalue weighted by Gasteiger charge is 2.02. The minimum absolute atomic E-state index is 0.661. The molecule has 0 bridgehead atoms. The minimum Gasteiger partial charge on any atom is -0.379 e. The monoisotopic (exact) mass is 361 g/mol. The van der Waals surface area contributed by atoms with E-state index < -0.39 is 0 Å². The molecule has 21 heavy (non-hydrogen) atoms. The van der Waals surface area contributed by atoms with Gasteiger partial charge in [-0.05, 0) is 52.3 Å². The zero-order valence-corrected chi connectivity index (χ0v) is 13.5. The molecule has 0 aliphatic heterocycles. The fourth-order valence-electron chi connectivity index (χ4n) is 1.98. The molecule has 106 valence electrons. The van der Waals surface area contributed by atoms with Crippen LogP contribution in [0.3, 0.4) is 0 Å². The normalized spacial score (nSPS) is 10.6. The van der Waals surface area contributed by atoms with Crippen LogP contribution in [0, 0.1) is 0 Å². The van der Waals surface area contributed by atoms with Crippen molar-refractivity contribution in [3.63, 3.8) is 0 Å². The third kappa shape index (κ3) is 3.46. The van der Waals surface area contributed by atoms with Gasteiger partial charge in [0.15, 0.2) is 0 Å². The van der Waals surface area contributed by atoms with E-state index in [0.717, 1.165) is 21.5 Å². The van der Waals surface area contributed by atoms with Gasteiger partial charge in [0.25, 0.3) is 0 Å². The second-order valence-corrected chi connectivity index (χ2v) is 5.83. The topological polar surface area (TPSA) is 29.9 Å². The Labute approximate surface area is 136 Å². The highest BCUT2D eigenvalue weighted by Crippen LogP contribution is 2.25. The van der Waals surface area contributed by atoms with Crippen LogP contribution in [0.5, 0.6) is 0 Å². The number of rotatable bonds is 4. The van der Waals surface area contributed by atoms with Crippen LogP contribution in [0.4, 0.5) is 5.69 Å². The van der Waals surface area contributed by atoms with Crippen LogP contribution in [0.15, 0.2) is 65.3 Å². The molecule has 0 spiro atoms. The van der Waals surface area contributed by atoms with Gasteiger partial charge in [-0.1, -0.05) is 29.8 Å². The summed E-state index contributed by atoms with van der Waals surface area (Å²) in [5.74, 6) is 0. The van der Waals surface area contributed by atoms with Gasteiger partial charge < -0.3 is 5.32 Å². The highest BCUT2D eigenvalue weighted by molar-refractivity contribution is 9.10. The van der Waals surface area contributed by atoms with Crippen molar-refractivity contribution in [3.8, 4) is 5.69 Å². The van der Waals surface area contributed by atoms with E-state index in [2.05, 4.69) is 26.3 Å². The maximum atomic E-state index is 5.98. The summed E-state index contributed by atoms with van der Waals surface area (Å²) in [7, 11) is 0. The summed E-state index contributed by atoms with van der Waals surface area (Å²) in [6.07, 6.45) is 1.96. The number of halogens is 2. The molecule has 0 amide bonds. The number of anilines is 1. The molecule has 2 aromatic carbocycles. The maximum absolute atomic E-state index is 5.98. The standard InChI is InChI=1S/C16H13BrClN3/c17-15-10-12(6-7-16(15)18)19-11-13-8-9-21(20-13)14-4-2-1-3-5-14/h1-10,19H,11H2. The molecule has 0 unspecified atom stereocenters. The van der Waals surface area contributed by atoms with Gasteiger partial charge in [-0.3, -0.25) is 0 Å². The number of nitrogens with zero attached hydrogens (tertiary/aromatic N) is 2.